The SMILES string of the molecule is CNc1ccc(C(=O)Nc2ccc(F)cc2C)nn1. The third-order valence-corrected chi connectivity index (χ3v) is 2.59. The van der Waals surface area contributed by atoms with Gasteiger partial charge < -0.3 is 10.6 Å². The zero-order chi connectivity index (χ0) is 13.8. The van der Waals surface area contributed by atoms with Gasteiger partial charge >= 0.3 is 0 Å². The van der Waals surface area contributed by atoms with Gasteiger partial charge in [-0.05, 0) is 42.8 Å². The lowest BCUT2D eigenvalue weighted by Crippen LogP contribution is -2.15. The predicted octanol–water partition coefficient (Wildman–Crippen LogP) is 2.22. The Labute approximate surface area is 109 Å². The van der Waals surface area contributed by atoms with E-state index >= 15 is 0 Å². The Hall–Kier alpha value is -2.50. The molecule has 1 amide bonds. The van der Waals surface area contributed by atoms with Crippen LogP contribution in [0.25, 0.3) is 0 Å². The van der Waals surface area contributed by atoms with Crippen LogP contribution in [0.15, 0.2) is 30.3 Å². The van der Waals surface area contributed by atoms with Crippen LogP contribution < -0.4 is 10.6 Å². The first-order valence-corrected chi connectivity index (χ1v) is 5.69. The van der Waals surface area contributed by atoms with Gasteiger partial charge in [-0.25, -0.2) is 4.39 Å². The molecular formula is C13H13FN4O. The van der Waals surface area contributed by atoms with Gasteiger partial charge in [-0.2, -0.15) is 0 Å². The molecule has 2 N–H and O–H groups in total. The first kappa shape index (κ1) is 12.9. The van der Waals surface area contributed by atoms with E-state index in [9.17, 15) is 9.18 Å². The van der Waals surface area contributed by atoms with Crippen LogP contribution in [-0.2, 0) is 0 Å². The van der Waals surface area contributed by atoms with Gasteiger partial charge in [0.15, 0.2) is 5.69 Å². The Morgan fingerprint density at radius 2 is 2.00 bits per heavy atom. The maximum absolute atomic E-state index is 12.9. The van der Waals surface area contributed by atoms with Crippen molar-refractivity contribution in [2.24, 2.45) is 0 Å². The number of carbonyl (C=O) groups is 1. The highest BCUT2D eigenvalue weighted by molar-refractivity contribution is 6.03. The first-order chi connectivity index (χ1) is 9.10. The van der Waals surface area contributed by atoms with E-state index in [4.69, 9.17) is 0 Å². The number of aryl methyl sites for hydroxylation is 1. The Morgan fingerprint density at radius 1 is 1.21 bits per heavy atom. The van der Waals surface area contributed by atoms with Crippen molar-refractivity contribution in [3.63, 3.8) is 0 Å². The third-order valence-electron chi connectivity index (χ3n) is 2.59. The molecule has 0 aliphatic heterocycles. The molecule has 0 unspecified atom stereocenters. The number of carbonyl (C=O) groups excluding carboxylic acids is 1. The lowest BCUT2D eigenvalue weighted by molar-refractivity contribution is 0.102. The third kappa shape index (κ3) is 3.04. The molecule has 0 aliphatic rings. The molecule has 0 atom stereocenters. The normalized spacial score (nSPS) is 10.1. The number of nitrogens with one attached hydrogen (secondary N) is 2. The number of nitrogens with zero attached hydrogens (tertiary/aromatic N) is 2. The maximum Gasteiger partial charge on any atom is 0.276 e. The van der Waals surface area contributed by atoms with Gasteiger partial charge in [0.1, 0.15) is 11.6 Å². The van der Waals surface area contributed by atoms with Gasteiger partial charge in [0.05, 0.1) is 0 Å². The number of rotatable bonds is 3. The molecule has 0 saturated carbocycles. The second kappa shape index (κ2) is 5.43. The number of benzene rings is 1. The molecule has 0 spiro atoms. The van der Waals surface area contributed by atoms with Crippen LogP contribution in [0.3, 0.4) is 0 Å². The summed E-state index contributed by atoms with van der Waals surface area (Å²) in [6, 6.07) is 7.37. The van der Waals surface area contributed by atoms with E-state index in [1.54, 1.807) is 26.1 Å². The van der Waals surface area contributed by atoms with Crippen LogP contribution in [-0.4, -0.2) is 23.2 Å². The summed E-state index contributed by atoms with van der Waals surface area (Å²) < 4.78 is 12.9. The second-order valence-electron chi connectivity index (χ2n) is 3.97. The number of aromatic nitrogens is 2. The molecule has 98 valence electrons. The van der Waals surface area contributed by atoms with Crippen LogP contribution >= 0.6 is 0 Å². The van der Waals surface area contributed by atoms with Crippen molar-refractivity contribution < 1.29 is 9.18 Å². The summed E-state index contributed by atoms with van der Waals surface area (Å²) >= 11 is 0. The molecule has 1 aromatic carbocycles. The quantitative estimate of drug-likeness (QED) is 0.888. The van der Waals surface area contributed by atoms with Crippen molar-refractivity contribution in [3.05, 3.63) is 47.4 Å². The molecule has 19 heavy (non-hydrogen) atoms. The number of hydrogen-bond donors (Lipinski definition) is 2. The maximum atomic E-state index is 12.9. The smallest absolute Gasteiger partial charge is 0.276 e. The van der Waals surface area contributed by atoms with Crippen LogP contribution in [0.4, 0.5) is 15.9 Å². The first-order valence-electron chi connectivity index (χ1n) is 5.69. The van der Waals surface area contributed by atoms with E-state index in [0.717, 1.165) is 0 Å². The monoisotopic (exact) mass is 260 g/mol. The van der Waals surface area contributed by atoms with E-state index in [-0.39, 0.29) is 17.4 Å². The van der Waals surface area contributed by atoms with Gasteiger partial charge in [0.25, 0.3) is 5.91 Å². The average Bonchev–Trinajstić information content (AvgIpc) is 2.42. The van der Waals surface area contributed by atoms with Crippen LogP contribution in [0.2, 0.25) is 0 Å². The van der Waals surface area contributed by atoms with Gasteiger partial charge in [-0.3, -0.25) is 4.79 Å². The topological polar surface area (TPSA) is 66.9 Å². The zero-order valence-corrected chi connectivity index (χ0v) is 10.6. The minimum atomic E-state index is -0.384. The molecule has 6 heteroatoms. The number of hydrogen-bond acceptors (Lipinski definition) is 4. The van der Waals surface area contributed by atoms with E-state index in [1.165, 1.54) is 18.2 Å². The standard InChI is InChI=1S/C13H13FN4O/c1-8-7-9(14)3-4-10(8)16-13(19)11-5-6-12(15-2)18-17-11/h3-7H,1-2H3,(H,15,18)(H,16,19). The molecule has 0 bridgehead atoms. The average molecular weight is 260 g/mol. The fourth-order valence-corrected chi connectivity index (χ4v) is 1.54. The van der Waals surface area contributed by atoms with Gasteiger partial charge in [-0.1, -0.05) is 0 Å². The summed E-state index contributed by atoms with van der Waals surface area (Å²) in [6.07, 6.45) is 0. The van der Waals surface area contributed by atoms with E-state index in [0.29, 0.717) is 17.1 Å². The molecule has 0 aliphatic carbocycles. The molecule has 5 nitrogen and oxygen atoms in total. The predicted molar refractivity (Wildman–Crippen MR) is 70.7 cm³/mol. The van der Waals surface area contributed by atoms with Crippen molar-refractivity contribution in [1.29, 1.82) is 0 Å². The second-order valence-corrected chi connectivity index (χ2v) is 3.97. The van der Waals surface area contributed by atoms with Crippen molar-refractivity contribution in [1.82, 2.24) is 10.2 Å². The summed E-state index contributed by atoms with van der Waals surface area (Å²) in [5.41, 5.74) is 1.39. The molecule has 0 fully saturated rings. The summed E-state index contributed by atoms with van der Waals surface area (Å²) in [6.45, 7) is 1.72. The number of anilines is 2. The van der Waals surface area contributed by atoms with E-state index in [1.807, 2.05) is 0 Å². The van der Waals surface area contributed by atoms with Gasteiger partial charge in [0, 0.05) is 12.7 Å². The largest absolute Gasteiger partial charge is 0.372 e. The fourth-order valence-electron chi connectivity index (χ4n) is 1.54. The van der Waals surface area contributed by atoms with Gasteiger partial charge in [0.2, 0.25) is 0 Å². The zero-order valence-electron chi connectivity index (χ0n) is 10.6. The van der Waals surface area contributed by atoms with Crippen molar-refractivity contribution in [3.8, 4) is 0 Å². The lowest BCUT2D eigenvalue weighted by atomic mass is 10.2. The van der Waals surface area contributed by atoms with Crippen LogP contribution in [0, 0.1) is 12.7 Å². The van der Waals surface area contributed by atoms with Crippen molar-refractivity contribution in [2.75, 3.05) is 17.7 Å². The van der Waals surface area contributed by atoms with E-state index < -0.39 is 0 Å². The summed E-state index contributed by atoms with van der Waals surface area (Å²) in [7, 11) is 1.71. The Bertz CT molecular complexity index is 598. The fraction of sp³-hybridized carbons (Fsp3) is 0.154. The Balaban J connectivity index is 2.15. The highest BCUT2D eigenvalue weighted by Crippen LogP contribution is 2.16. The van der Waals surface area contributed by atoms with Gasteiger partial charge in [-0.15, -0.1) is 10.2 Å². The molecular weight excluding hydrogens is 247 g/mol. The lowest BCUT2D eigenvalue weighted by Gasteiger charge is -2.07. The highest BCUT2D eigenvalue weighted by Gasteiger charge is 2.10. The molecule has 2 aromatic rings. The van der Waals surface area contributed by atoms with Crippen molar-refractivity contribution in [2.45, 2.75) is 6.92 Å². The number of halogens is 1. The highest BCUT2D eigenvalue weighted by atomic mass is 19.1. The van der Waals surface area contributed by atoms with Crippen LogP contribution in [0.5, 0.6) is 0 Å². The molecule has 0 saturated heterocycles. The summed E-state index contributed by atoms with van der Waals surface area (Å²) in [5.74, 6) is -0.145. The summed E-state index contributed by atoms with van der Waals surface area (Å²) in [5, 5.41) is 13.1. The van der Waals surface area contributed by atoms with E-state index in [2.05, 4.69) is 20.8 Å². The van der Waals surface area contributed by atoms with Crippen molar-refractivity contribution >= 4 is 17.4 Å². The summed E-state index contributed by atoms with van der Waals surface area (Å²) in [4.78, 5) is 11.9. The number of amides is 1. The molecule has 0 radical (unpaired) electrons. The van der Waals surface area contributed by atoms with Crippen LogP contribution in [0.1, 0.15) is 16.1 Å². The Morgan fingerprint density at radius 3 is 2.58 bits per heavy atom. The minimum Gasteiger partial charge on any atom is -0.372 e. The molecule has 1 aromatic heterocycles. The minimum absolute atomic E-state index is 0.197. The Kier molecular flexibility index (Phi) is 3.70. The molecule has 2 rings (SSSR count). The molecule has 1 heterocycles.